The summed E-state index contributed by atoms with van der Waals surface area (Å²) in [6, 6.07) is 77.4. The quantitative estimate of drug-likeness (QED) is 0.0206. The van der Waals surface area contributed by atoms with Crippen molar-refractivity contribution in [2.45, 2.75) is 310 Å². The van der Waals surface area contributed by atoms with Crippen LogP contribution in [-0.2, 0) is 119 Å². The first kappa shape index (κ1) is 113. The minimum atomic E-state index is -0.787. The molecule has 131 heavy (non-hydrogen) atoms. The highest BCUT2D eigenvalue weighted by Gasteiger charge is 2.26. The van der Waals surface area contributed by atoms with Crippen molar-refractivity contribution >= 4 is 23.2 Å². The molecule has 0 amide bonds. The Balaban J connectivity index is 0.000000320. The molecule has 0 spiro atoms. The number of H-pyrrole nitrogens is 1. The van der Waals surface area contributed by atoms with Gasteiger partial charge in [-0.25, -0.2) is 5.48 Å². The Hall–Kier alpha value is -10.7. The van der Waals surface area contributed by atoms with E-state index in [9.17, 15) is 9.59 Å². The maximum Gasteiger partial charge on any atom is 0.159 e. The summed E-state index contributed by atoms with van der Waals surface area (Å²) in [4.78, 5) is 20.7. The standard InChI is InChI=1S/C23H31N3O.2C17H25N3O.C13H19N3.C11H14O2.C11H16O.C10H14O2.C4H8O2.CH5NO/c1-17-12-13-18(2)26(17)22-14-21(23(4,5)6)25(24-22)15-19(3)27-16-20-10-8-7-9-11-20;2*1-13(21-12-14-8-6-5-7-9-14)11-20-15(17(2,3)4)10-16(18)19-20;1-9-6-7-10(2)16(9)12-8-11(14-15-12)13(3,4)5;1-9(12)10(2)13-8-11-6-4-3-5-7-11;1-3-10(2)12-9-11-7-5-4-6-8-11;1-9(7-11)12-8-10-5-3-2-4-6-10;1-3(5)4(2)6;1-2-3/h7-14,19H,15-16H2,1-6H3;2*5-10,13H,11-12H2,1-4H3,(H2,18,19);6-8H,1-5H3,(H,14,15);3-7,10H,8H2,1-2H3;4-8,10H,3,9H2,1-2H3;2-6,9,11H,7-8H2,1H3;3,5H,1-2H3;2-3H,1H3. The molecule has 24 nitrogen and oxygen atoms in total. The number of nitrogens with two attached hydrogens (primary N) is 2. The molecule has 7 atom stereocenters. The number of hydrogen-bond acceptors (Lipinski definition) is 18. The summed E-state index contributed by atoms with van der Waals surface area (Å²) in [5.41, 5.74) is 30.1. The number of ketones is 2. The minimum Gasteiger partial charge on any atom is -0.394 e. The summed E-state index contributed by atoms with van der Waals surface area (Å²) >= 11 is 0. The summed E-state index contributed by atoms with van der Waals surface area (Å²) in [7, 11) is 1.43. The Morgan fingerprint density at radius 2 is 0.649 bits per heavy atom. The van der Waals surface area contributed by atoms with Gasteiger partial charge in [0.2, 0.25) is 0 Å². The van der Waals surface area contributed by atoms with Crippen LogP contribution >= 0.6 is 0 Å². The van der Waals surface area contributed by atoms with Crippen LogP contribution in [0.5, 0.6) is 0 Å². The molecular formula is C107H157N13O11. The van der Waals surface area contributed by atoms with Gasteiger partial charge in [0.25, 0.3) is 0 Å². The summed E-state index contributed by atoms with van der Waals surface area (Å²) in [6.07, 6.45) is 0.495. The van der Waals surface area contributed by atoms with Gasteiger partial charge in [-0.3, -0.25) is 28.7 Å². The molecule has 0 fully saturated rings. The molecule has 6 aromatic heterocycles. The van der Waals surface area contributed by atoms with Crippen LogP contribution in [0.15, 0.2) is 231 Å². The number of ether oxygens (including phenoxy) is 6. The molecule has 0 bridgehead atoms. The normalized spacial score (nSPS) is 12.8. The van der Waals surface area contributed by atoms with Gasteiger partial charge in [-0.15, -0.1) is 0 Å². The monoisotopic (exact) mass is 1800 g/mol. The fourth-order valence-corrected chi connectivity index (χ4v) is 12.5. The molecule has 12 rings (SSSR count). The number of Topliss-reactive ketones (excluding diaryl/α,β-unsaturated/α-hetero) is 2. The van der Waals surface area contributed by atoms with Crippen molar-refractivity contribution in [3.8, 4) is 11.6 Å². The van der Waals surface area contributed by atoms with E-state index in [2.05, 4.69) is 265 Å². The van der Waals surface area contributed by atoms with Gasteiger partial charge >= 0.3 is 0 Å². The van der Waals surface area contributed by atoms with Crippen LogP contribution in [0.4, 0.5) is 11.6 Å². The number of aromatic amines is 1. The number of hydroxylamine groups is 1. The largest absolute Gasteiger partial charge is 0.394 e. The predicted octanol–water partition coefficient (Wildman–Crippen LogP) is 21.4. The first-order chi connectivity index (χ1) is 61.8. The van der Waals surface area contributed by atoms with Gasteiger partial charge in [0.15, 0.2) is 23.2 Å². The number of hydrogen-bond donors (Lipinski definition) is 7. The van der Waals surface area contributed by atoms with E-state index in [4.69, 9.17) is 60.4 Å². The number of aliphatic hydroxyl groups excluding tert-OH is 2. The zero-order valence-corrected chi connectivity index (χ0v) is 83.5. The molecule has 0 aliphatic heterocycles. The number of aromatic nitrogens is 10. The van der Waals surface area contributed by atoms with Gasteiger partial charge in [0, 0.05) is 98.5 Å². The number of nitrogens with zero attached hydrogens (tertiary/aromatic N) is 9. The highest BCUT2D eigenvalue weighted by molar-refractivity contribution is 5.80. The molecule has 0 radical (unpaired) electrons. The third kappa shape index (κ3) is 43.5. The van der Waals surface area contributed by atoms with Crippen molar-refractivity contribution in [1.82, 2.24) is 54.2 Å². The zero-order chi connectivity index (χ0) is 97.6. The molecule has 7 unspecified atom stereocenters. The van der Waals surface area contributed by atoms with Crippen molar-refractivity contribution in [2.24, 2.45) is 0 Å². The Kier molecular flexibility index (Phi) is 49.4. The molecule has 6 aromatic carbocycles. The second-order valence-electron chi connectivity index (χ2n) is 37.1. The highest BCUT2D eigenvalue weighted by Crippen LogP contribution is 2.30. The van der Waals surface area contributed by atoms with Crippen molar-refractivity contribution in [1.29, 1.82) is 0 Å². The number of nitrogens with one attached hydrogen (secondary N) is 2. The number of aryl methyl sites for hydroxylation is 4. The molecule has 0 saturated carbocycles. The van der Waals surface area contributed by atoms with Crippen LogP contribution in [0.2, 0.25) is 0 Å². The maximum absolute atomic E-state index is 10.8. The highest BCUT2D eigenvalue weighted by atomic mass is 16.5. The summed E-state index contributed by atoms with van der Waals surface area (Å²) in [5.74, 6) is 2.97. The number of carbonyl (C=O) groups is 2. The summed E-state index contributed by atoms with van der Waals surface area (Å²) < 4.78 is 44.5. The van der Waals surface area contributed by atoms with E-state index < -0.39 is 6.10 Å². The summed E-state index contributed by atoms with van der Waals surface area (Å²) in [5, 5.41) is 45.5. The minimum absolute atomic E-state index is 0.0133. The predicted molar refractivity (Wildman–Crippen MR) is 532 cm³/mol. The molecule has 9 N–H and O–H groups in total. The van der Waals surface area contributed by atoms with Crippen molar-refractivity contribution in [3.63, 3.8) is 0 Å². The number of nitrogen functional groups attached to an aromatic ring is 2. The molecule has 12 aromatic rings. The lowest BCUT2D eigenvalue weighted by molar-refractivity contribution is -0.128. The van der Waals surface area contributed by atoms with E-state index in [-0.39, 0.29) is 70.4 Å². The number of anilines is 2. The number of carbonyl (C=O) groups excluding carboxylic acids is 2. The number of benzene rings is 6. The second-order valence-corrected chi connectivity index (χ2v) is 37.1. The van der Waals surface area contributed by atoms with Gasteiger partial charge < -0.3 is 64.4 Å². The van der Waals surface area contributed by atoms with Gasteiger partial charge in [-0.05, 0) is 154 Å². The number of aliphatic hydroxyl groups is 2. The van der Waals surface area contributed by atoms with E-state index in [1.54, 1.807) is 12.4 Å². The van der Waals surface area contributed by atoms with Crippen molar-refractivity contribution in [2.75, 3.05) is 25.1 Å². The van der Waals surface area contributed by atoms with Gasteiger partial charge in [0.05, 0.1) is 96.4 Å². The zero-order valence-electron chi connectivity index (χ0n) is 83.5. The first-order valence-corrected chi connectivity index (χ1v) is 45.4. The number of rotatable bonds is 30. The topological polar surface area (TPSA) is 306 Å². The van der Waals surface area contributed by atoms with Gasteiger partial charge in [-0.2, -0.15) is 20.4 Å². The van der Waals surface area contributed by atoms with Crippen LogP contribution in [-0.4, -0.2) is 132 Å². The average molecular weight is 1800 g/mol. The van der Waals surface area contributed by atoms with Crippen LogP contribution in [0.25, 0.3) is 11.6 Å². The Morgan fingerprint density at radius 3 is 0.901 bits per heavy atom. The third-order valence-corrected chi connectivity index (χ3v) is 20.6. The van der Waals surface area contributed by atoms with E-state index in [1.165, 1.54) is 78.5 Å². The maximum atomic E-state index is 10.8. The Labute approximate surface area is 782 Å². The summed E-state index contributed by atoms with van der Waals surface area (Å²) in [6.45, 7) is 58.9. The average Bonchev–Trinajstić information content (AvgIpc) is 1.64. The van der Waals surface area contributed by atoms with E-state index in [1.807, 2.05) is 162 Å². The molecule has 0 saturated heterocycles. The van der Waals surface area contributed by atoms with Crippen molar-refractivity contribution < 1.29 is 53.4 Å². The Morgan fingerprint density at radius 1 is 0.389 bits per heavy atom. The van der Waals surface area contributed by atoms with Crippen molar-refractivity contribution in [3.05, 3.63) is 309 Å². The molecule has 6 heterocycles. The van der Waals surface area contributed by atoms with Gasteiger partial charge in [0.1, 0.15) is 23.8 Å². The van der Waals surface area contributed by atoms with Gasteiger partial charge in [-0.1, -0.05) is 272 Å². The first-order valence-electron chi connectivity index (χ1n) is 45.4. The van der Waals surface area contributed by atoms with E-state index in [0.29, 0.717) is 63.9 Å². The Bertz CT molecular complexity index is 4880. The molecule has 0 aliphatic carbocycles. The van der Waals surface area contributed by atoms with E-state index in [0.717, 1.165) is 59.4 Å². The molecule has 0 aliphatic rings. The SMILES string of the molecule is CC(=O)C(C)O.CC(=O)C(C)OCc1ccccc1.CC(CO)OCc1ccccc1.CC(Cn1nc(N)cc1C(C)(C)C)OCc1ccccc1.CC(Cn1nc(N)cc1C(C)(C)C)OCc1ccccc1.CCC(C)OCc1ccccc1.CNO.Cc1ccc(C)n1-c1cc(C(C)(C)C)[nH]n1.Cc1ccc(C)n1-c1cc(C(C)(C)C)n(CC(C)OCc2ccccc2)n1. The van der Waals surface area contributed by atoms with Crippen LogP contribution < -0.4 is 16.9 Å². The second kappa shape index (κ2) is 57.5. The fourth-order valence-electron chi connectivity index (χ4n) is 12.5. The lowest BCUT2D eigenvalue weighted by Gasteiger charge is -2.22. The molecule has 24 heteroatoms. The molecular weight excluding hydrogens is 1640 g/mol. The lowest BCUT2D eigenvalue weighted by atomic mass is 9.92. The molecule has 716 valence electrons. The van der Waals surface area contributed by atoms with Crippen LogP contribution in [0.1, 0.15) is 238 Å². The van der Waals surface area contributed by atoms with E-state index >= 15 is 0 Å². The third-order valence-electron chi connectivity index (χ3n) is 20.6. The van der Waals surface area contributed by atoms with Crippen LogP contribution in [0.3, 0.4) is 0 Å². The smallest absolute Gasteiger partial charge is 0.159 e. The fraction of sp³-hybridized carbons (Fsp3) is 0.458. The van der Waals surface area contributed by atoms with Crippen LogP contribution in [0, 0.1) is 27.7 Å². The lowest BCUT2D eigenvalue weighted by Crippen LogP contribution is -2.24.